The molecule has 3 rings (SSSR count). The third-order valence-corrected chi connectivity index (χ3v) is 4.24. The summed E-state index contributed by atoms with van der Waals surface area (Å²) in [7, 11) is 0. The van der Waals surface area contributed by atoms with Crippen LogP contribution < -0.4 is 9.80 Å². The Kier molecular flexibility index (Phi) is 3.95. The van der Waals surface area contributed by atoms with E-state index in [2.05, 4.69) is 6.08 Å². The van der Waals surface area contributed by atoms with Gasteiger partial charge in [-0.05, 0) is 58.0 Å². The van der Waals surface area contributed by atoms with Gasteiger partial charge in [-0.25, -0.2) is 4.79 Å². The zero-order valence-corrected chi connectivity index (χ0v) is 14.1. The van der Waals surface area contributed by atoms with Crippen molar-refractivity contribution in [2.24, 2.45) is 0 Å². The second-order valence-corrected chi connectivity index (χ2v) is 6.21. The number of hydrogen-bond donors (Lipinski definition) is 0. The summed E-state index contributed by atoms with van der Waals surface area (Å²) in [5.41, 5.74) is 5.17. The van der Waals surface area contributed by atoms with Crippen LogP contribution in [0.1, 0.15) is 25.0 Å². The molecule has 1 atom stereocenters. The van der Waals surface area contributed by atoms with Crippen LogP contribution in [0, 0.1) is 13.8 Å². The van der Waals surface area contributed by atoms with Crippen molar-refractivity contribution < 1.29 is 4.79 Å². The molecular weight excluding hydrogens is 284 g/mol. The zero-order chi connectivity index (χ0) is 16.6. The molecule has 3 nitrogen and oxygen atoms in total. The van der Waals surface area contributed by atoms with Crippen LogP contribution in [-0.4, -0.2) is 12.1 Å². The maximum atomic E-state index is 13.1. The lowest BCUT2D eigenvalue weighted by atomic mass is 10.1. The Morgan fingerprint density at radius 2 is 1.26 bits per heavy atom. The Labute approximate surface area is 137 Å². The molecule has 0 radical (unpaired) electrons. The minimum absolute atomic E-state index is 0.00907. The quantitative estimate of drug-likeness (QED) is 0.762. The molecule has 1 aliphatic rings. The van der Waals surface area contributed by atoms with Crippen LogP contribution in [0.2, 0.25) is 0 Å². The van der Waals surface area contributed by atoms with Gasteiger partial charge in [0.05, 0.1) is 11.7 Å². The molecule has 0 saturated carbocycles. The van der Waals surface area contributed by atoms with Crippen molar-refractivity contribution in [1.82, 2.24) is 0 Å². The Hall–Kier alpha value is -2.55. The van der Waals surface area contributed by atoms with Crippen LogP contribution in [0.5, 0.6) is 0 Å². The summed E-state index contributed by atoms with van der Waals surface area (Å²) in [6.07, 6.45) is 2.13. The van der Waals surface area contributed by atoms with Gasteiger partial charge in [0.15, 0.2) is 0 Å². The number of benzene rings is 2. The van der Waals surface area contributed by atoms with Crippen LogP contribution in [-0.2, 0) is 0 Å². The lowest BCUT2D eigenvalue weighted by Crippen LogP contribution is -2.50. The molecule has 118 valence electrons. The van der Waals surface area contributed by atoms with E-state index >= 15 is 0 Å². The average molecular weight is 306 g/mol. The summed E-state index contributed by atoms with van der Waals surface area (Å²) in [6, 6.07) is 16.2. The fourth-order valence-electron chi connectivity index (χ4n) is 2.99. The third-order valence-electron chi connectivity index (χ3n) is 4.24. The molecule has 0 unspecified atom stereocenters. The number of aryl methyl sites for hydroxylation is 2. The van der Waals surface area contributed by atoms with Crippen LogP contribution in [0.25, 0.3) is 0 Å². The van der Waals surface area contributed by atoms with Gasteiger partial charge in [0.1, 0.15) is 0 Å². The average Bonchev–Trinajstić information content (AvgIpc) is 2.50. The summed E-state index contributed by atoms with van der Waals surface area (Å²) < 4.78 is 0. The maximum absolute atomic E-state index is 13.1. The Morgan fingerprint density at radius 3 is 1.78 bits per heavy atom. The third kappa shape index (κ3) is 2.87. The highest BCUT2D eigenvalue weighted by Gasteiger charge is 2.32. The lowest BCUT2D eigenvalue weighted by molar-refractivity contribution is 0.251. The molecular formula is C20H22N2O. The van der Waals surface area contributed by atoms with E-state index in [-0.39, 0.29) is 12.1 Å². The van der Waals surface area contributed by atoms with Crippen molar-refractivity contribution >= 4 is 17.4 Å². The SMILES string of the molecule is CC1=C[C@H](C)N(c2ccc(C)cc2)C(=O)N1c1ccc(C)cc1. The van der Waals surface area contributed by atoms with Crippen molar-refractivity contribution in [3.8, 4) is 0 Å². The van der Waals surface area contributed by atoms with Crippen molar-refractivity contribution in [1.29, 1.82) is 0 Å². The smallest absolute Gasteiger partial charge is 0.287 e. The second-order valence-electron chi connectivity index (χ2n) is 6.21. The van der Waals surface area contributed by atoms with E-state index in [0.29, 0.717) is 0 Å². The second kappa shape index (κ2) is 5.92. The zero-order valence-electron chi connectivity index (χ0n) is 14.1. The summed E-state index contributed by atoms with van der Waals surface area (Å²) in [5, 5.41) is 0. The predicted molar refractivity (Wildman–Crippen MR) is 95.9 cm³/mol. The molecule has 3 heteroatoms. The monoisotopic (exact) mass is 306 g/mol. The van der Waals surface area contributed by atoms with E-state index in [0.717, 1.165) is 17.1 Å². The predicted octanol–water partition coefficient (Wildman–Crippen LogP) is 5.04. The van der Waals surface area contributed by atoms with Gasteiger partial charge in [0.25, 0.3) is 0 Å². The first-order valence-corrected chi connectivity index (χ1v) is 7.92. The van der Waals surface area contributed by atoms with E-state index in [1.165, 1.54) is 11.1 Å². The number of amides is 2. The van der Waals surface area contributed by atoms with Crippen LogP contribution in [0.15, 0.2) is 60.3 Å². The Bertz CT molecular complexity index is 744. The number of nitrogens with zero attached hydrogens (tertiary/aromatic N) is 2. The standard InChI is InChI=1S/C20H22N2O/c1-14-5-9-18(10-6-14)21-16(3)13-17(4)22(20(21)23)19-11-7-15(2)8-12-19/h5-13,16H,1-4H3/t16-/m0/s1. The largest absolute Gasteiger partial charge is 0.333 e. The molecule has 0 bridgehead atoms. The van der Waals surface area contributed by atoms with Crippen LogP contribution >= 0.6 is 0 Å². The molecule has 0 N–H and O–H groups in total. The molecule has 0 spiro atoms. The maximum Gasteiger partial charge on any atom is 0.333 e. The number of urea groups is 1. The normalized spacial score (nSPS) is 18.2. The summed E-state index contributed by atoms with van der Waals surface area (Å²) in [4.78, 5) is 16.7. The van der Waals surface area contributed by atoms with Gasteiger partial charge < -0.3 is 0 Å². The van der Waals surface area contributed by atoms with E-state index in [1.54, 1.807) is 4.90 Å². The summed E-state index contributed by atoms with van der Waals surface area (Å²) >= 11 is 0. The number of rotatable bonds is 2. The highest BCUT2D eigenvalue weighted by atomic mass is 16.2. The molecule has 1 heterocycles. The lowest BCUT2D eigenvalue weighted by Gasteiger charge is -2.38. The number of carbonyl (C=O) groups is 1. The van der Waals surface area contributed by atoms with Crippen molar-refractivity contribution in [3.63, 3.8) is 0 Å². The van der Waals surface area contributed by atoms with Gasteiger partial charge in [-0.3, -0.25) is 9.80 Å². The molecule has 0 fully saturated rings. The van der Waals surface area contributed by atoms with Gasteiger partial charge >= 0.3 is 6.03 Å². The molecule has 23 heavy (non-hydrogen) atoms. The number of allylic oxidation sites excluding steroid dienone is 1. The number of carbonyl (C=O) groups excluding carboxylic acids is 1. The molecule has 2 aromatic carbocycles. The Balaban J connectivity index is 2.02. The summed E-state index contributed by atoms with van der Waals surface area (Å²) in [6.45, 7) is 8.13. The minimum Gasteiger partial charge on any atom is -0.287 e. The van der Waals surface area contributed by atoms with E-state index < -0.39 is 0 Å². The highest BCUT2D eigenvalue weighted by Crippen LogP contribution is 2.30. The molecule has 1 aliphatic heterocycles. The van der Waals surface area contributed by atoms with E-state index in [4.69, 9.17) is 0 Å². The fourth-order valence-corrected chi connectivity index (χ4v) is 2.99. The molecule has 2 amide bonds. The summed E-state index contributed by atoms with van der Waals surface area (Å²) in [5.74, 6) is 0. The van der Waals surface area contributed by atoms with E-state index in [1.807, 2.05) is 81.1 Å². The van der Waals surface area contributed by atoms with E-state index in [9.17, 15) is 4.79 Å². The minimum atomic E-state index is -0.00907. The molecule has 0 saturated heterocycles. The van der Waals surface area contributed by atoms with Crippen molar-refractivity contribution in [3.05, 3.63) is 71.4 Å². The van der Waals surface area contributed by atoms with Crippen molar-refractivity contribution in [2.45, 2.75) is 33.7 Å². The van der Waals surface area contributed by atoms with Gasteiger partial charge in [0.2, 0.25) is 0 Å². The molecule has 0 aromatic heterocycles. The van der Waals surface area contributed by atoms with Gasteiger partial charge in [-0.15, -0.1) is 0 Å². The fraction of sp³-hybridized carbons (Fsp3) is 0.250. The van der Waals surface area contributed by atoms with Crippen LogP contribution in [0.3, 0.4) is 0 Å². The van der Waals surface area contributed by atoms with Gasteiger partial charge in [-0.2, -0.15) is 0 Å². The van der Waals surface area contributed by atoms with Gasteiger partial charge in [0, 0.05) is 11.4 Å². The molecule has 2 aromatic rings. The first-order valence-electron chi connectivity index (χ1n) is 7.92. The Morgan fingerprint density at radius 1 is 0.783 bits per heavy atom. The number of anilines is 2. The highest BCUT2D eigenvalue weighted by molar-refractivity contribution is 6.07. The number of hydrogen-bond acceptors (Lipinski definition) is 1. The first kappa shape index (κ1) is 15.3. The van der Waals surface area contributed by atoms with Crippen molar-refractivity contribution in [2.75, 3.05) is 9.80 Å². The topological polar surface area (TPSA) is 23.6 Å². The van der Waals surface area contributed by atoms with Gasteiger partial charge in [-0.1, -0.05) is 35.4 Å². The van der Waals surface area contributed by atoms with Crippen LogP contribution in [0.4, 0.5) is 16.2 Å². The first-order chi connectivity index (χ1) is 11.0. The molecule has 0 aliphatic carbocycles.